The van der Waals surface area contributed by atoms with Crippen LogP contribution in [0.25, 0.3) is 0 Å². The molecule has 2 aromatic rings. The van der Waals surface area contributed by atoms with Crippen molar-refractivity contribution in [3.05, 3.63) is 58.0 Å². The van der Waals surface area contributed by atoms with Gasteiger partial charge in [-0.25, -0.2) is 0 Å². The summed E-state index contributed by atoms with van der Waals surface area (Å²) in [5, 5.41) is 9.96. The minimum atomic E-state index is -1.27. The number of aliphatic carboxylic acids is 1. The average Bonchev–Trinajstić information content (AvgIpc) is 3.09. The van der Waals surface area contributed by atoms with E-state index in [-0.39, 0.29) is 25.3 Å². The topological polar surface area (TPSA) is 109 Å². The molecule has 8 heteroatoms. The van der Waals surface area contributed by atoms with Crippen LogP contribution in [-0.4, -0.2) is 53.7 Å². The quantitative estimate of drug-likeness (QED) is 0.837. The Bertz CT molecular complexity index is 984. The number of nitrogens with zero attached hydrogens (tertiary/aromatic N) is 1. The highest BCUT2D eigenvalue weighted by atomic mass is 16.5. The van der Waals surface area contributed by atoms with E-state index in [2.05, 4.69) is 4.98 Å². The van der Waals surface area contributed by atoms with Gasteiger partial charge in [-0.2, -0.15) is 0 Å². The molecule has 0 aliphatic carbocycles. The van der Waals surface area contributed by atoms with Crippen LogP contribution in [0.2, 0.25) is 0 Å². The first-order valence-corrected chi connectivity index (χ1v) is 8.48. The second-order valence-electron chi connectivity index (χ2n) is 6.78. The summed E-state index contributed by atoms with van der Waals surface area (Å²) in [5.74, 6) is -0.945. The molecule has 1 fully saturated rings. The van der Waals surface area contributed by atoms with Gasteiger partial charge in [0.1, 0.15) is 17.6 Å². The predicted molar refractivity (Wildman–Crippen MR) is 94.3 cm³/mol. The number of carboxylic acids is 1. The third kappa shape index (κ3) is 2.48. The maximum absolute atomic E-state index is 12.9. The number of amides is 1. The Hall–Kier alpha value is -3.29. The first kappa shape index (κ1) is 17.1. The van der Waals surface area contributed by atoms with Gasteiger partial charge in [-0.15, -0.1) is 0 Å². The number of aromatic amines is 1. The van der Waals surface area contributed by atoms with Crippen molar-refractivity contribution < 1.29 is 24.2 Å². The molecule has 0 saturated carbocycles. The first-order chi connectivity index (χ1) is 13.0. The molecule has 2 aliphatic heterocycles. The number of hydrogen-bond acceptors (Lipinski definition) is 5. The number of aromatic nitrogens is 1. The highest BCUT2D eigenvalue weighted by molar-refractivity contribution is 5.95. The summed E-state index contributed by atoms with van der Waals surface area (Å²) in [7, 11) is 1.52. The minimum absolute atomic E-state index is 0.0107. The summed E-state index contributed by atoms with van der Waals surface area (Å²) >= 11 is 0. The Morgan fingerprint density at radius 2 is 2.15 bits per heavy atom. The van der Waals surface area contributed by atoms with Gasteiger partial charge >= 0.3 is 5.97 Å². The van der Waals surface area contributed by atoms with E-state index in [1.807, 2.05) is 0 Å². The highest BCUT2D eigenvalue weighted by Gasteiger charge is 2.58. The van der Waals surface area contributed by atoms with Crippen LogP contribution >= 0.6 is 0 Å². The molecule has 8 nitrogen and oxygen atoms in total. The average molecular weight is 370 g/mol. The largest absolute Gasteiger partial charge is 0.493 e. The second-order valence-corrected chi connectivity index (χ2v) is 6.78. The number of nitrogens with one attached hydrogen (secondary N) is 1. The molecule has 1 aromatic carbocycles. The molecule has 0 spiro atoms. The molecular weight excluding hydrogens is 352 g/mol. The Labute approximate surface area is 154 Å². The summed E-state index contributed by atoms with van der Waals surface area (Å²) < 4.78 is 11.1. The normalized spacial score (nSPS) is 23.1. The fourth-order valence-corrected chi connectivity index (χ4v) is 3.97. The van der Waals surface area contributed by atoms with E-state index >= 15 is 0 Å². The standard InChI is InChI=1S/C19H18N2O6/c1-26-14-6-2-4-11-13-8-21(17(23)12-5-3-7-20-16(12)22)9-19(13,18(24)25)10-27-15(11)14/h2-7,13H,8-10H2,1H3,(H,20,22)(H,24,25)/t13-,19-/m0/s1. The summed E-state index contributed by atoms with van der Waals surface area (Å²) in [6.07, 6.45) is 1.44. The molecule has 27 heavy (non-hydrogen) atoms. The molecule has 1 aromatic heterocycles. The smallest absolute Gasteiger partial charge is 0.315 e. The molecule has 1 saturated heterocycles. The van der Waals surface area contributed by atoms with Gasteiger partial charge in [0, 0.05) is 30.8 Å². The molecule has 1 amide bonds. The van der Waals surface area contributed by atoms with Crippen molar-refractivity contribution in [3.63, 3.8) is 0 Å². The fraction of sp³-hybridized carbons (Fsp3) is 0.316. The Morgan fingerprint density at radius 1 is 1.33 bits per heavy atom. The van der Waals surface area contributed by atoms with Crippen molar-refractivity contribution in [2.24, 2.45) is 5.41 Å². The third-order valence-electron chi connectivity index (χ3n) is 5.38. The van der Waals surface area contributed by atoms with Crippen molar-refractivity contribution in [2.45, 2.75) is 5.92 Å². The van der Waals surface area contributed by atoms with Gasteiger partial charge in [0.25, 0.3) is 11.5 Å². The van der Waals surface area contributed by atoms with Crippen LogP contribution < -0.4 is 15.0 Å². The lowest BCUT2D eigenvalue weighted by molar-refractivity contribution is -0.151. The molecule has 140 valence electrons. The van der Waals surface area contributed by atoms with Crippen LogP contribution in [0.15, 0.2) is 41.3 Å². The fourth-order valence-electron chi connectivity index (χ4n) is 3.97. The summed E-state index contributed by atoms with van der Waals surface area (Å²) in [6.45, 7) is 0.0785. The van der Waals surface area contributed by atoms with Gasteiger partial charge in [0.05, 0.1) is 7.11 Å². The number of pyridine rings is 1. The minimum Gasteiger partial charge on any atom is -0.493 e. The predicted octanol–water partition coefficient (Wildman–Crippen LogP) is 1.09. The molecule has 3 heterocycles. The van der Waals surface area contributed by atoms with Crippen molar-refractivity contribution >= 4 is 11.9 Å². The lowest BCUT2D eigenvalue weighted by Gasteiger charge is -2.36. The van der Waals surface area contributed by atoms with Gasteiger partial charge in [-0.3, -0.25) is 14.4 Å². The van der Waals surface area contributed by atoms with E-state index in [9.17, 15) is 19.5 Å². The van der Waals surface area contributed by atoms with Gasteiger partial charge in [-0.05, 0) is 18.2 Å². The van der Waals surface area contributed by atoms with Crippen LogP contribution in [-0.2, 0) is 4.79 Å². The number of benzene rings is 1. The van der Waals surface area contributed by atoms with Crippen molar-refractivity contribution in [2.75, 3.05) is 26.8 Å². The zero-order chi connectivity index (χ0) is 19.2. The van der Waals surface area contributed by atoms with Gasteiger partial charge < -0.3 is 24.5 Å². The molecule has 0 unspecified atom stereocenters. The summed E-state index contributed by atoms with van der Waals surface area (Å²) in [5.41, 5.74) is -1.08. The van der Waals surface area contributed by atoms with E-state index in [4.69, 9.17) is 9.47 Å². The maximum atomic E-state index is 12.9. The van der Waals surface area contributed by atoms with E-state index in [0.717, 1.165) is 0 Å². The van der Waals surface area contributed by atoms with E-state index < -0.39 is 28.8 Å². The number of para-hydroxylation sites is 1. The number of carboxylic acid groups (broad SMARTS) is 1. The van der Waals surface area contributed by atoms with Crippen molar-refractivity contribution in [1.29, 1.82) is 0 Å². The van der Waals surface area contributed by atoms with E-state index in [1.54, 1.807) is 24.3 Å². The van der Waals surface area contributed by atoms with Gasteiger partial charge in [0.2, 0.25) is 0 Å². The van der Waals surface area contributed by atoms with Gasteiger partial charge in [0.15, 0.2) is 11.5 Å². The molecule has 2 N–H and O–H groups in total. The molecular formula is C19H18N2O6. The Morgan fingerprint density at radius 3 is 2.85 bits per heavy atom. The number of rotatable bonds is 3. The molecule has 4 rings (SSSR count). The number of likely N-dealkylation sites (tertiary alicyclic amines) is 1. The lowest BCUT2D eigenvalue weighted by atomic mass is 9.73. The zero-order valence-corrected chi connectivity index (χ0v) is 14.6. The summed E-state index contributed by atoms with van der Waals surface area (Å²) in [6, 6.07) is 8.31. The molecule has 0 radical (unpaired) electrons. The third-order valence-corrected chi connectivity index (χ3v) is 5.38. The number of carbonyl (C=O) groups is 2. The number of H-pyrrole nitrogens is 1. The van der Waals surface area contributed by atoms with Crippen molar-refractivity contribution in [1.82, 2.24) is 9.88 Å². The monoisotopic (exact) mass is 370 g/mol. The number of hydrogen-bond donors (Lipinski definition) is 2. The Kier molecular flexibility index (Phi) is 3.91. The molecule has 0 bridgehead atoms. The highest BCUT2D eigenvalue weighted by Crippen LogP contribution is 2.52. The van der Waals surface area contributed by atoms with Crippen LogP contribution in [0.5, 0.6) is 11.5 Å². The lowest BCUT2D eigenvalue weighted by Crippen LogP contribution is -2.46. The van der Waals surface area contributed by atoms with Crippen LogP contribution in [0.3, 0.4) is 0 Å². The van der Waals surface area contributed by atoms with Crippen LogP contribution in [0, 0.1) is 5.41 Å². The number of fused-ring (bicyclic) bond motifs is 3. The van der Waals surface area contributed by atoms with Gasteiger partial charge in [-0.1, -0.05) is 12.1 Å². The second kappa shape index (κ2) is 6.15. The molecule has 2 atom stereocenters. The number of methoxy groups -OCH3 is 1. The van der Waals surface area contributed by atoms with Crippen LogP contribution in [0.4, 0.5) is 0 Å². The van der Waals surface area contributed by atoms with Crippen LogP contribution in [0.1, 0.15) is 21.8 Å². The maximum Gasteiger partial charge on any atom is 0.315 e. The van der Waals surface area contributed by atoms with Crippen molar-refractivity contribution in [3.8, 4) is 11.5 Å². The van der Waals surface area contributed by atoms with E-state index in [1.165, 1.54) is 24.3 Å². The summed E-state index contributed by atoms with van der Waals surface area (Å²) in [4.78, 5) is 40.9. The Balaban J connectivity index is 1.76. The van der Waals surface area contributed by atoms with E-state index in [0.29, 0.717) is 17.1 Å². The first-order valence-electron chi connectivity index (χ1n) is 8.48. The number of ether oxygens (including phenoxy) is 2. The zero-order valence-electron chi connectivity index (χ0n) is 14.6. The molecule has 2 aliphatic rings. The number of carbonyl (C=O) groups excluding carboxylic acids is 1. The SMILES string of the molecule is COc1cccc2c1OC[C@@]1(C(=O)O)CN(C(=O)c3ccc[nH]c3=O)C[C@@H]21.